The van der Waals surface area contributed by atoms with Crippen molar-refractivity contribution in [1.82, 2.24) is 4.90 Å². The van der Waals surface area contributed by atoms with E-state index in [0.29, 0.717) is 18.1 Å². The molecule has 1 saturated heterocycles. The third-order valence-electron chi connectivity index (χ3n) is 5.24. The van der Waals surface area contributed by atoms with E-state index in [1.807, 2.05) is 23.1 Å². The first kappa shape index (κ1) is 18.3. The van der Waals surface area contributed by atoms with Crippen LogP contribution in [0.4, 0.5) is 0 Å². The van der Waals surface area contributed by atoms with Crippen LogP contribution in [0, 0.1) is 6.92 Å². The van der Waals surface area contributed by atoms with Crippen LogP contribution in [0.2, 0.25) is 0 Å². The molecule has 3 rings (SSSR count). The SMILES string of the molecule is COc1ccc(CC(=O)N2CCC[C@@H](c3ccccc3C)C2)c(OC)c1. The van der Waals surface area contributed by atoms with Gasteiger partial charge in [0.25, 0.3) is 0 Å². The summed E-state index contributed by atoms with van der Waals surface area (Å²) in [6.45, 7) is 3.78. The maximum Gasteiger partial charge on any atom is 0.227 e. The number of amides is 1. The number of benzene rings is 2. The van der Waals surface area contributed by atoms with Crippen LogP contribution in [0.3, 0.4) is 0 Å². The zero-order valence-electron chi connectivity index (χ0n) is 15.8. The average molecular weight is 353 g/mol. The molecule has 0 spiro atoms. The van der Waals surface area contributed by atoms with Crippen molar-refractivity contribution < 1.29 is 14.3 Å². The molecule has 26 heavy (non-hydrogen) atoms. The summed E-state index contributed by atoms with van der Waals surface area (Å²) in [5.41, 5.74) is 3.58. The van der Waals surface area contributed by atoms with Crippen LogP contribution in [0.1, 0.15) is 35.4 Å². The normalized spacial score (nSPS) is 17.0. The van der Waals surface area contributed by atoms with E-state index in [2.05, 4.69) is 31.2 Å². The lowest BCUT2D eigenvalue weighted by atomic mass is 9.88. The summed E-state index contributed by atoms with van der Waals surface area (Å²) < 4.78 is 10.7. The van der Waals surface area contributed by atoms with Gasteiger partial charge >= 0.3 is 0 Å². The molecule has 0 unspecified atom stereocenters. The van der Waals surface area contributed by atoms with Crippen molar-refractivity contribution in [2.45, 2.75) is 32.1 Å². The standard InChI is InChI=1S/C22H27NO3/c1-16-7-4-5-9-20(16)18-8-6-12-23(15-18)22(24)13-17-10-11-19(25-2)14-21(17)26-3/h4-5,7,9-11,14,18H,6,8,12-13,15H2,1-3H3/t18-/m1/s1. The van der Waals surface area contributed by atoms with E-state index in [-0.39, 0.29) is 5.91 Å². The second-order valence-corrected chi connectivity index (χ2v) is 6.89. The van der Waals surface area contributed by atoms with E-state index < -0.39 is 0 Å². The molecular formula is C22H27NO3. The van der Waals surface area contributed by atoms with Crippen molar-refractivity contribution >= 4 is 5.91 Å². The Morgan fingerprint density at radius 1 is 1.15 bits per heavy atom. The summed E-state index contributed by atoms with van der Waals surface area (Å²) in [5, 5.41) is 0. The second-order valence-electron chi connectivity index (χ2n) is 6.89. The van der Waals surface area contributed by atoms with E-state index in [4.69, 9.17) is 9.47 Å². The third-order valence-corrected chi connectivity index (χ3v) is 5.24. The predicted molar refractivity (Wildman–Crippen MR) is 103 cm³/mol. The lowest BCUT2D eigenvalue weighted by Crippen LogP contribution is -2.40. The highest BCUT2D eigenvalue weighted by Gasteiger charge is 2.26. The number of nitrogens with zero attached hydrogens (tertiary/aromatic N) is 1. The van der Waals surface area contributed by atoms with E-state index in [9.17, 15) is 4.79 Å². The zero-order chi connectivity index (χ0) is 18.5. The topological polar surface area (TPSA) is 38.8 Å². The van der Waals surface area contributed by atoms with Gasteiger partial charge in [0.15, 0.2) is 0 Å². The monoisotopic (exact) mass is 353 g/mol. The molecule has 1 atom stereocenters. The molecule has 2 aromatic rings. The van der Waals surface area contributed by atoms with Crippen molar-refractivity contribution in [3.8, 4) is 11.5 Å². The smallest absolute Gasteiger partial charge is 0.227 e. The Hall–Kier alpha value is -2.49. The fraction of sp³-hybridized carbons (Fsp3) is 0.409. The van der Waals surface area contributed by atoms with Crippen molar-refractivity contribution in [3.63, 3.8) is 0 Å². The number of ether oxygens (including phenoxy) is 2. The van der Waals surface area contributed by atoms with Crippen molar-refractivity contribution in [2.75, 3.05) is 27.3 Å². The number of carbonyl (C=O) groups is 1. The Morgan fingerprint density at radius 3 is 2.69 bits per heavy atom. The minimum absolute atomic E-state index is 0.159. The molecule has 1 fully saturated rings. The summed E-state index contributed by atoms with van der Waals surface area (Å²) in [5.74, 6) is 2.01. The Kier molecular flexibility index (Phi) is 5.82. The van der Waals surface area contributed by atoms with Crippen LogP contribution in [-0.4, -0.2) is 38.1 Å². The highest BCUT2D eigenvalue weighted by molar-refractivity contribution is 5.80. The second kappa shape index (κ2) is 8.26. The number of aryl methyl sites for hydroxylation is 1. The molecule has 0 aromatic heterocycles. The quantitative estimate of drug-likeness (QED) is 0.817. The van der Waals surface area contributed by atoms with E-state index >= 15 is 0 Å². The first-order valence-electron chi connectivity index (χ1n) is 9.16. The maximum absolute atomic E-state index is 12.9. The number of methoxy groups -OCH3 is 2. The number of piperidine rings is 1. The van der Waals surface area contributed by atoms with E-state index in [1.165, 1.54) is 11.1 Å². The van der Waals surface area contributed by atoms with E-state index in [1.54, 1.807) is 14.2 Å². The van der Waals surface area contributed by atoms with Gasteiger partial charge in [-0.25, -0.2) is 0 Å². The molecule has 1 aliphatic heterocycles. The third kappa shape index (κ3) is 4.01. The van der Waals surface area contributed by atoms with Crippen LogP contribution < -0.4 is 9.47 Å². The van der Waals surface area contributed by atoms with Gasteiger partial charge in [-0.2, -0.15) is 0 Å². The summed E-state index contributed by atoms with van der Waals surface area (Å²) in [6.07, 6.45) is 2.54. The van der Waals surface area contributed by atoms with Crippen LogP contribution >= 0.6 is 0 Å². The van der Waals surface area contributed by atoms with Gasteiger partial charge in [0.2, 0.25) is 5.91 Å². The number of hydrogen-bond donors (Lipinski definition) is 0. The molecule has 0 aliphatic carbocycles. The van der Waals surface area contributed by atoms with Gasteiger partial charge in [0.05, 0.1) is 20.6 Å². The molecule has 1 amide bonds. The molecule has 4 heteroatoms. The first-order chi connectivity index (χ1) is 12.6. The summed E-state index contributed by atoms with van der Waals surface area (Å²) in [6, 6.07) is 14.1. The highest BCUT2D eigenvalue weighted by atomic mass is 16.5. The first-order valence-corrected chi connectivity index (χ1v) is 9.16. The summed E-state index contributed by atoms with van der Waals surface area (Å²) in [4.78, 5) is 14.9. The predicted octanol–water partition coefficient (Wildman–Crippen LogP) is 3.96. The van der Waals surface area contributed by atoms with Crippen LogP contribution in [-0.2, 0) is 11.2 Å². The molecule has 1 heterocycles. The van der Waals surface area contributed by atoms with Gasteiger partial charge in [-0.3, -0.25) is 4.79 Å². The average Bonchev–Trinajstić information content (AvgIpc) is 2.68. The van der Waals surface area contributed by atoms with Crippen molar-refractivity contribution in [1.29, 1.82) is 0 Å². The molecule has 1 aliphatic rings. The fourth-order valence-corrected chi connectivity index (χ4v) is 3.77. The molecule has 0 N–H and O–H groups in total. The maximum atomic E-state index is 12.9. The lowest BCUT2D eigenvalue weighted by molar-refractivity contribution is -0.131. The Bertz CT molecular complexity index is 772. The van der Waals surface area contributed by atoms with Gasteiger partial charge in [0.1, 0.15) is 11.5 Å². The Morgan fingerprint density at radius 2 is 1.96 bits per heavy atom. The number of carbonyl (C=O) groups excluding carboxylic acids is 1. The fourth-order valence-electron chi connectivity index (χ4n) is 3.77. The number of likely N-dealkylation sites (tertiary alicyclic amines) is 1. The largest absolute Gasteiger partial charge is 0.497 e. The molecule has 0 bridgehead atoms. The van der Waals surface area contributed by atoms with Crippen LogP contribution in [0.5, 0.6) is 11.5 Å². The Labute approximate surface area is 155 Å². The molecule has 0 radical (unpaired) electrons. The van der Waals surface area contributed by atoms with Gasteiger partial charge in [-0.15, -0.1) is 0 Å². The van der Waals surface area contributed by atoms with Crippen molar-refractivity contribution in [3.05, 3.63) is 59.2 Å². The van der Waals surface area contributed by atoms with Crippen molar-refractivity contribution in [2.24, 2.45) is 0 Å². The van der Waals surface area contributed by atoms with Crippen LogP contribution in [0.25, 0.3) is 0 Å². The van der Waals surface area contributed by atoms with Gasteiger partial charge in [-0.1, -0.05) is 30.3 Å². The molecule has 0 saturated carbocycles. The zero-order valence-corrected chi connectivity index (χ0v) is 15.8. The highest BCUT2D eigenvalue weighted by Crippen LogP contribution is 2.30. The van der Waals surface area contributed by atoms with Crippen LogP contribution in [0.15, 0.2) is 42.5 Å². The molecule has 138 valence electrons. The van der Waals surface area contributed by atoms with Gasteiger partial charge < -0.3 is 14.4 Å². The van der Waals surface area contributed by atoms with E-state index in [0.717, 1.165) is 37.2 Å². The molecular weight excluding hydrogens is 326 g/mol. The molecule has 4 nitrogen and oxygen atoms in total. The number of hydrogen-bond acceptors (Lipinski definition) is 3. The minimum Gasteiger partial charge on any atom is -0.497 e. The summed E-state index contributed by atoms with van der Waals surface area (Å²) >= 11 is 0. The molecule has 2 aromatic carbocycles. The summed E-state index contributed by atoms with van der Waals surface area (Å²) in [7, 11) is 3.25. The lowest BCUT2D eigenvalue weighted by Gasteiger charge is -2.34. The van der Waals surface area contributed by atoms with Gasteiger partial charge in [-0.05, 0) is 37.0 Å². The van der Waals surface area contributed by atoms with Gasteiger partial charge in [0, 0.05) is 30.6 Å². The Balaban J connectivity index is 1.71. The number of rotatable bonds is 5. The minimum atomic E-state index is 0.159.